The summed E-state index contributed by atoms with van der Waals surface area (Å²) < 4.78 is 10.2. The van der Waals surface area contributed by atoms with E-state index in [-0.39, 0.29) is 18.0 Å². The minimum absolute atomic E-state index is 0.191. The fourth-order valence-corrected chi connectivity index (χ4v) is 2.73. The molecule has 0 radical (unpaired) electrons. The second-order valence-corrected chi connectivity index (χ2v) is 6.70. The van der Waals surface area contributed by atoms with Crippen molar-refractivity contribution in [3.8, 4) is 0 Å². The van der Waals surface area contributed by atoms with E-state index in [1.807, 2.05) is 34.6 Å². The van der Waals surface area contributed by atoms with E-state index >= 15 is 0 Å². The molecule has 140 valence electrons. The van der Waals surface area contributed by atoms with Gasteiger partial charge in [0.05, 0.1) is 12.7 Å². The van der Waals surface area contributed by atoms with Crippen LogP contribution < -0.4 is 0 Å². The Hall–Kier alpha value is -2.11. The SMILES string of the molecule is CC.COC(=O)c1ccncc1C1CCN(C(=O)OC(C)(C)C)CC1. The number of pyridine rings is 1. The first-order valence-corrected chi connectivity index (χ1v) is 8.82. The molecule has 1 aromatic rings. The zero-order valence-corrected chi connectivity index (χ0v) is 16.2. The Morgan fingerprint density at radius 2 is 1.80 bits per heavy atom. The molecule has 2 rings (SSSR count). The first-order valence-electron chi connectivity index (χ1n) is 8.82. The summed E-state index contributed by atoms with van der Waals surface area (Å²) in [4.78, 5) is 29.8. The van der Waals surface area contributed by atoms with Crippen LogP contribution in [0.15, 0.2) is 18.5 Å². The van der Waals surface area contributed by atoms with E-state index in [1.54, 1.807) is 23.4 Å². The fraction of sp³-hybridized carbons (Fsp3) is 0.632. The third-order valence-electron chi connectivity index (χ3n) is 3.84. The molecule has 2 heterocycles. The van der Waals surface area contributed by atoms with Crippen molar-refractivity contribution < 1.29 is 19.1 Å². The molecule has 0 unspecified atom stereocenters. The molecule has 1 saturated heterocycles. The Morgan fingerprint density at radius 1 is 1.20 bits per heavy atom. The number of nitrogens with zero attached hydrogens (tertiary/aromatic N) is 2. The second kappa shape index (κ2) is 9.39. The maximum Gasteiger partial charge on any atom is 0.410 e. The zero-order valence-electron chi connectivity index (χ0n) is 16.2. The van der Waals surface area contributed by atoms with Gasteiger partial charge in [0, 0.05) is 25.5 Å². The molecule has 0 spiro atoms. The Bertz CT molecular complexity index is 573. The number of carbonyl (C=O) groups is 2. The lowest BCUT2D eigenvalue weighted by atomic mass is 9.88. The minimum Gasteiger partial charge on any atom is -0.465 e. The first kappa shape index (κ1) is 20.9. The van der Waals surface area contributed by atoms with Crippen molar-refractivity contribution in [3.63, 3.8) is 0 Å². The summed E-state index contributed by atoms with van der Waals surface area (Å²) in [5, 5.41) is 0. The minimum atomic E-state index is -0.491. The van der Waals surface area contributed by atoms with E-state index in [4.69, 9.17) is 9.47 Å². The van der Waals surface area contributed by atoms with Crippen molar-refractivity contribution in [2.45, 2.75) is 59.0 Å². The Balaban J connectivity index is 0.00000151. The largest absolute Gasteiger partial charge is 0.465 e. The average molecular weight is 350 g/mol. The zero-order chi connectivity index (χ0) is 19.0. The molecule has 1 amide bonds. The van der Waals surface area contributed by atoms with Gasteiger partial charge in [-0.25, -0.2) is 9.59 Å². The molecular weight excluding hydrogens is 320 g/mol. The standard InChI is InChI=1S/C17H24N2O4.C2H6/c1-17(2,3)23-16(21)19-9-6-12(7-10-19)14-11-18-8-5-13(14)15(20)22-4;1-2/h5,8,11-12H,6-7,9-10H2,1-4H3;1-2H3. The van der Waals surface area contributed by atoms with E-state index in [1.165, 1.54) is 7.11 Å². The molecule has 1 aromatic heterocycles. The molecule has 6 heteroatoms. The topological polar surface area (TPSA) is 68.7 Å². The van der Waals surface area contributed by atoms with Gasteiger partial charge in [0.15, 0.2) is 0 Å². The number of hydrogen-bond acceptors (Lipinski definition) is 5. The molecule has 0 aliphatic carbocycles. The molecule has 0 atom stereocenters. The predicted molar refractivity (Wildman–Crippen MR) is 96.7 cm³/mol. The Morgan fingerprint density at radius 3 is 2.32 bits per heavy atom. The highest BCUT2D eigenvalue weighted by Crippen LogP contribution is 2.30. The number of likely N-dealkylation sites (tertiary alicyclic amines) is 1. The van der Waals surface area contributed by atoms with Gasteiger partial charge in [-0.1, -0.05) is 13.8 Å². The van der Waals surface area contributed by atoms with Gasteiger partial charge in [-0.2, -0.15) is 0 Å². The van der Waals surface area contributed by atoms with Crippen molar-refractivity contribution in [1.29, 1.82) is 0 Å². The number of amides is 1. The van der Waals surface area contributed by atoms with Gasteiger partial charge in [0.25, 0.3) is 0 Å². The number of aromatic nitrogens is 1. The van der Waals surface area contributed by atoms with Crippen LogP contribution in [0.2, 0.25) is 0 Å². The van der Waals surface area contributed by atoms with Crippen LogP contribution in [0.5, 0.6) is 0 Å². The monoisotopic (exact) mass is 350 g/mol. The van der Waals surface area contributed by atoms with Crippen molar-refractivity contribution in [2.75, 3.05) is 20.2 Å². The molecule has 0 aromatic carbocycles. The van der Waals surface area contributed by atoms with Crippen LogP contribution in [0, 0.1) is 0 Å². The molecule has 6 nitrogen and oxygen atoms in total. The van der Waals surface area contributed by atoms with Crippen LogP contribution in [-0.2, 0) is 9.47 Å². The van der Waals surface area contributed by atoms with Crippen LogP contribution in [0.3, 0.4) is 0 Å². The Labute approximate surface area is 150 Å². The van der Waals surface area contributed by atoms with Crippen molar-refractivity contribution in [3.05, 3.63) is 29.6 Å². The number of piperidine rings is 1. The third kappa shape index (κ3) is 6.03. The fourth-order valence-electron chi connectivity index (χ4n) is 2.73. The summed E-state index contributed by atoms with van der Waals surface area (Å²) in [7, 11) is 1.37. The lowest BCUT2D eigenvalue weighted by molar-refractivity contribution is 0.0203. The number of hydrogen-bond donors (Lipinski definition) is 0. The number of carbonyl (C=O) groups excluding carboxylic acids is 2. The van der Waals surface area contributed by atoms with Crippen LogP contribution in [0.25, 0.3) is 0 Å². The number of rotatable bonds is 2. The summed E-state index contributed by atoms with van der Waals surface area (Å²) in [6, 6.07) is 1.68. The van der Waals surface area contributed by atoms with Crippen LogP contribution in [0.1, 0.15) is 69.3 Å². The van der Waals surface area contributed by atoms with E-state index in [9.17, 15) is 9.59 Å². The van der Waals surface area contributed by atoms with Crippen LogP contribution >= 0.6 is 0 Å². The number of ether oxygens (including phenoxy) is 2. The summed E-state index contributed by atoms with van der Waals surface area (Å²) in [5.74, 6) is -0.159. The summed E-state index contributed by atoms with van der Waals surface area (Å²) in [6.45, 7) is 10.8. The highest BCUT2D eigenvalue weighted by atomic mass is 16.6. The molecule has 1 aliphatic heterocycles. The van der Waals surface area contributed by atoms with Gasteiger partial charge in [-0.15, -0.1) is 0 Å². The van der Waals surface area contributed by atoms with E-state index < -0.39 is 5.60 Å². The molecule has 25 heavy (non-hydrogen) atoms. The first-order chi connectivity index (χ1) is 11.8. The highest BCUT2D eigenvalue weighted by Gasteiger charge is 2.29. The van der Waals surface area contributed by atoms with Gasteiger partial charge in [0.2, 0.25) is 0 Å². The molecule has 0 N–H and O–H groups in total. The lowest BCUT2D eigenvalue weighted by Gasteiger charge is -2.33. The van der Waals surface area contributed by atoms with Crippen LogP contribution in [0.4, 0.5) is 4.79 Å². The predicted octanol–water partition coefficient (Wildman–Crippen LogP) is 4.01. The van der Waals surface area contributed by atoms with Crippen LogP contribution in [-0.4, -0.2) is 47.7 Å². The van der Waals surface area contributed by atoms with Crippen molar-refractivity contribution in [1.82, 2.24) is 9.88 Å². The average Bonchev–Trinajstić information content (AvgIpc) is 2.61. The maximum absolute atomic E-state index is 12.1. The summed E-state index contributed by atoms with van der Waals surface area (Å²) >= 11 is 0. The molecule has 1 aliphatic rings. The number of esters is 1. The van der Waals surface area contributed by atoms with E-state index in [0.717, 1.165) is 18.4 Å². The highest BCUT2D eigenvalue weighted by molar-refractivity contribution is 5.91. The van der Waals surface area contributed by atoms with Crippen molar-refractivity contribution in [2.24, 2.45) is 0 Å². The van der Waals surface area contributed by atoms with E-state index in [2.05, 4.69) is 4.98 Å². The lowest BCUT2D eigenvalue weighted by Crippen LogP contribution is -2.41. The van der Waals surface area contributed by atoms with E-state index in [0.29, 0.717) is 18.7 Å². The molecule has 1 fully saturated rings. The van der Waals surface area contributed by atoms with Gasteiger partial charge in [-0.3, -0.25) is 4.98 Å². The maximum atomic E-state index is 12.1. The van der Waals surface area contributed by atoms with Gasteiger partial charge >= 0.3 is 12.1 Å². The second-order valence-electron chi connectivity index (χ2n) is 6.70. The van der Waals surface area contributed by atoms with Gasteiger partial charge in [-0.05, 0) is 51.2 Å². The van der Waals surface area contributed by atoms with Gasteiger partial charge < -0.3 is 14.4 Å². The molecule has 0 bridgehead atoms. The number of methoxy groups -OCH3 is 1. The molecular formula is C19H30N2O4. The quantitative estimate of drug-likeness (QED) is 0.754. The summed E-state index contributed by atoms with van der Waals surface area (Å²) in [5.41, 5.74) is 0.955. The van der Waals surface area contributed by atoms with Gasteiger partial charge in [0.1, 0.15) is 5.60 Å². The normalized spacial score (nSPS) is 15.0. The Kier molecular flexibility index (Phi) is 7.87. The molecule has 0 saturated carbocycles. The third-order valence-corrected chi connectivity index (χ3v) is 3.84. The van der Waals surface area contributed by atoms with Crippen molar-refractivity contribution >= 4 is 12.1 Å². The summed E-state index contributed by atoms with van der Waals surface area (Å²) in [6.07, 6.45) is 4.57. The smallest absolute Gasteiger partial charge is 0.410 e.